The molecule has 1 unspecified atom stereocenters. The van der Waals surface area contributed by atoms with E-state index in [1.54, 1.807) is 24.3 Å². The smallest absolute Gasteiger partial charge is 0.307 e. The van der Waals surface area contributed by atoms with Crippen LogP contribution in [0.2, 0.25) is 0 Å². The zero-order valence-corrected chi connectivity index (χ0v) is 12.1. The average molecular weight is 304 g/mol. The summed E-state index contributed by atoms with van der Waals surface area (Å²) in [5.41, 5.74) is 0.342. The molecular weight excluding hydrogens is 288 g/mol. The lowest BCUT2D eigenvalue weighted by Crippen LogP contribution is -2.50. The second-order valence-electron chi connectivity index (χ2n) is 5.90. The summed E-state index contributed by atoms with van der Waals surface area (Å²) in [6, 6.07) is 6.37. The van der Waals surface area contributed by atoms with E-state index < -0.39 is 23.3 Å². The number of ether oxygens (including phenoxy) is 1. The molecule has 1 aromatic carbocycles. The van der Waals surface area contributed by atoms with Gasteiger partial charge in [-0.2, -0.15) is 0 Å². The van der Waals surface area contributed by atoms with Crippen molar-refractivity contribution in [3.8, 4) is 0 Å². The van der Waals surface area contributed by atoms with E-state index in [-0.39, 0.29) is 30.3 Å². The summed E-state index contributed by atoms with van der Waals surface area (Å²) < 4.78 is 5.08. The first kappa shape index (κ1) is 14.5. The number of rotatable bonds is 3. The number of nitrogens with one attached hydrogen (secondary N) is 1. The second kappa shape index (κ2) is 5.08. The van der Waals surface area contributed by atoms with E-state index in [9.17, 15) is 19.7 Å². The van der Waals surface area contributed by atoms with Crippen LogP contribution in [0.4, 0.5) is 5.69 Å². The van der Waals surface area contributed by atoms with Crippen molar-refractivity contribution in [1.29, 1.82) is 0 Å². The normalized spacial score (nSPS) is 28.0. The predicted octanol–water partition coefficient (Wildman–Crippen LogP) is 1.49. The SMILES string of the molecule is CC(C[C@@H]1COC(=O)C[C@@]12C(=O)Nc1ccccc12)[N+](=O)[O-]. The molecule has 1 aromatic rings. The lowest BCUT2D eigenvalue weighted by Gasteiger charge is -2.38. The molecule has 2 heterocycles. The van der Waals surface area contributed by atoms with Crippen LogP contribution in [-0.4, -0.2) is 29.4 Å². The molecule has 7 nitrogen and oxygen atoms in total. The van der Waals surface area contributed by atoms with Crippen molar-refractivity contribution in [2.75, 3.05) is 11.9 Å². The number of fused-ring (bicyclic) bond motifs is 2. The van der Waals surface area contributed by atoms with Gasteiger partial charge >= 0.3 is 5.97 Å². The molecule has 1 spiro atoms. The van der Waals surface area contributed by atoms with Gasteiger partial charge in [-0.05, 0) is 11.6 Å². The molecule has 116 valence electrons. The van der Waals surface area contributed by atoms with E-state index in [1.165, 1.54) is 6.92 Å². The van der Waals surface area contributed by atoms with Crippen LogP contribution in [0.3, 0.4) is 0 Å². The molecule has 3 atom stereocenters. The van der Waals surface area contributed by atoms with Crippen molar-refractivity contribution in [3.63, 3.8) is 0 Å². The third kappa shape index (κ3) is 2.04. The lowest BCUT2D eigenvalue weighted by atomic mass is 9.66. The Morgan fingerprint density at radius 1 is 1.45 bits per heavy atom. The maximum atomic E-state index is 12.6. The first-order valence-electron chi connectivity index (χ1n) is 7.15. The van der Waals surface area contributed by atoms with Crippen LogP contribution < -0.4 is 5.32 Å². The maximum absolute atomic E-state index is 12.6. The van der Waals surface area contributed by atoms with E-state index in [4.69, 9.17) is 4.74 Å². The largest absolute Gasteiger partial charge is 0.465 e. The summed E-state index contributed by atoms with van der Waals surface area (Å²) in [6.45, 7) is 1.53. The van der Waals surface area contributed by atoms with E-state index in [0.717, 1.165) is 5.56 Å². The van der Waals surface area contributed by atoms with Crippen LogP contribution in [0.25, 0.3) is 0 Å². The van der Waals surface area contributed by atoms with Crippen LogP contribution in [-0.2, 0) is 19.7 Å². The molecule has 1 amide bonds. The summed E-state index contributed by atoms with van der Waals surface area (Å²) >= 11 is 0. The Labute approximate surface area is 126 Å². The van der Waals surface area contributed by atoms with Gasteiger partial charge in [-0.3, -0.25) is 19.7 Å². The van der Waals surface area contributed by atoms with Crippen molar-refractivity contribution >= 4 is 17.6 Å². The Morgan fingerprint density at radius 2 is 2.18 bits per heavy atom. The van der Waals surface area contributed by atoms with Gasteiger partial charge in [0, 0.05) is 29.9 Å². The molecule has 0 bridgehead atoms. The minimum atomic E-state index is -1.06. The molecule has 3 rings (SSSR count). The predicted molar refractivity (Wildman–Crippen MR) is 76.9 cm³/mol. The number of anilines is 1. The Hall–Kier alpha value is -2.44. The Morgan fingerprint density at radius 3 is 2.91 bits per heavy atom. The molecule has 0 saturated carbocycles. The first-order chi connectivity index (χ1) is 10.4. The van der Waals surface area contributed by atoms with Crippen LogP contribution in [0, 0.1) is 16.0 Å². The molecule has 2 aliphatic rings. The quantitative estimate of drug-likeness (QED) is 0.518. The van der Waals surface area contributed by atoms with Gasteiger partial charge in [-0.15, -0.1) is 0 Å². The highest BCUT2D eigenvalue weighted by atomic mass is 16.6. The molecule has 0 radical (unpaired) electrons. The van der Waals surface area contributed by atoms with Crippen LogP contribution >= 0.6 is 0 Å². The summed E-state index contributed by atoms with van der Waals surface area (Å²) in [6.07, 6.45) is 0.104. The van der Waals surface area contributed by atoms with Crippen LogP contribution in [0.1, 0.15) is 25.3 Å². The highest BCUT2D eigenvalue weighted by Crippen LogP contribution is 2.49. The number of nitro groups is 1. The number of nitrogens with zero attached hydrogens (tertiary/aromatic N) is 1. The molecule has 0 aromatic heterocycles. The number of carbonyl (C=O) groups excluding carboxylic acids is 2. The Bertz CT molecular complexity index is 659. The van der Waals surface area contributed by atoms with Gasteiger partial charge in [-0.1, -0.05) is 18.2 Å². The summed E-state index contributed by atoms with van der Waals surface area (Å²) in [5, 5.41) is 13.8. The van der Waals surface area contributed by atoms with Crippen molar-refractivity contribution in [2.24, 2.45) is 5.92 Å². The fourth-order valence-electron chi connectivity index (χ4n) is 3.44. The van der Waals surface area contributed by atoms with Gasteiger partial charge in [-0.25, -0.2) is 0 Å². The highest BCUT2D eigenvalue weighted by Gasteiger charge is 2.56. The monoisotopic (exact) mass is 304 g/mol. The molecule has 2 aliphatic heterocycles. The molecule has 1 N–H and O–H groups in total. The number of cyclic esters (lactones) is 1. The molecule has 7 heteroatoms. The number of carbonyl (C=O) groups is 2. The minimum absolute atomic E-state index is 0.0266. The summed E-state index contributed by atoms with van der Waals surface area (Å²) in [4.78, 5) is 35.0. The van der Waals surface area contributed by atoms with Crippen LogP contribution in [0.15, 0.2) is 24.3 Å². The van der Waals surface area contributed by atoms with Crippen molar-refractivity contribution in [3.05, 3.63) is 39.9 Å². The number of esters is 1. The van der Waals surface area contributed by atoms with Crippen molar-refractivity contribution < 1.29 is 19.2 Å². The summed E-state index contributed by atoms with van der Waals surface area (Å²) in [5.74, 6) is -1.13. The number of para-hydroxylation sites is 1. The van der Waals surface area contributed by atoms with Crippen molar-refractivity contribution in [1.82, 2.24) is 0 Å². The van der Waals surface area contributed by atoms with Gasteiger partial charge in [0.15, 0.2) is 0 Å². The van der Waals surface area contributed by atoms with Gasteiger partial charge in [0.1, 0.15) is 0 Å². The molecule has 1 saturated heterocycles. The minimum Gasteiger partial charge on any atom is -0.465 e. The average Bonchev–Trinajstić information content (AvgIpc) is 2.75. The van der Waals surface area contributed by atoms with Gasteiger partial charge in [0.05, 0.1) is 18.4 Å². The Balaban J connectivity index is 2.04. The standard InChI is InChI=1S/C15H16N2O5/c1-9(17(20)21)6-10-8-22-13(18)7-15(10)11-4-2-3-5-12(11)16-14(15)19/h2-5,9-10H,6-8H2,1H3,(H,16,19)/t9?,10-,15-/m1/s1. The van der Waals surface area contributed by atoms with Crippen LogP contribution in [0.5, 0.6) is 0 Å². The van der Waals surface area contributed by atoms with Gasteiger partial charge in [0.25, 0.3) is 0 Å². The summed E-state index contributed by atoms with van der Waals surface area (Å²) in [7, 11) is 0. The number of hydrogen-bond acceptors (Lipinski definition) is 5. The second-order valence-corrected chi connectivity index (χ2v) is 5.90. The third-order valence-corrected chi connectivity index (χ3v) is 4.61. The molecule has 22 heavy (non-hydrogen) atoms. The van der Waals surface area contributed by atoms with E-state index in [2.05, 4.69) is 5.32 Å². The van der Waals surface area contributed by atoms with Gasteiger partial charge in [0.2, 0.25) is 11.9 Å². The zero-order chi connectivity index (χ0) is 15.9. The number of benzene rings is 1. The fraction of sp³-hybridized carbons (Fsp3) is 0.467. The lowest BCUT2D eigenvalue weighted by molar-refractivity contribution is -0.520. The molecular formula is C15H16N2O5. The number of hydrogen-bond donors (Lipinski definition) is 1. The Kier molecular flexibility index (Phi) is 3.35. The maximum Gasteiger partial charge on any atom is 0.307 e. The fourth-order valence-corrected chi connectivity index (χ4v) is 3.44. The third-order valence-electron chi connectivity index (χ3n) is 4.61. The molecule has 0 aliphatic carbocycles. The number of amides is 1. The highest BCUT2D eigenvalue weighted by molar-refractivity contribution is 6.08. The van der Waals surface area contributed by atoms with E-state index >= 15 is 0 Å². The van der Waals surface area contributed by atoms with Gasteiger partial charge < -0.3 is 10.1 Å². The van der Waals surface area contributed by atoms with E-state index in [1.807, 2.05) is 0 Å². The topological polar surface area (TPSA) is 98.5 Å². The van der Waals surface area contributed by atoms with E-state index in [0.29, 0.717) is 5.69 Å². The molecule has 1 fully saturated rings. The first-order valence-corrected chi connectivity index (χ1v) is 7.15. The zero-order valence-electron chi connectivity index (χ0n) is 12.1. The van der Waals surface area contributed by atoms with Crippen molar-refractivity contribution in [2.45, 2.75) is 31.2 Å².